The minimum atomic E-state index is -0.507. The zero-order valence-electron chi connectivity index (χ0n) is 25.4. The Balaban J connectivity index is 1.30. The number of nitrogens with zero attached hydrogens (tertiary/aromatic N) is 9. The van der Waals surface area contributed by atoms with Crippen molar-refractivity contribution in [2.45, 2.75) is 51.0 Å². The Morgan fingerprint density at radius 2 is 1.95 bits per heavy atom. The van der Waals surface area contributed by atoms with Crippen LogP contribution in [0.15, 0.2) is 42.7 Å². The minimum absolute atomic E-state index is 0.109. The Morgan fingerprint density at radius 1 is 1.14 bits per heavy atom. The fourth-order valence-corrected chi connectivity index (χ4v) is 6.19. The average molecular weight is 597 g/mol. The summed E-state index contributed by atoms with van der Waals surface area (Å²) in [5, 5.41) is 16.7. The van der Waals surface area contributed by atoms with E-state index < -0.39 is 5.82 Å². The van der Waals surface area contributed by atoms with Gasteiger partial charge >= 0.3 is 0 Å². The number of hydrogen-bond acceptors (Lipinski definition) is 9. The van der Waals surface area contributed by atoms with Gasteiger partial charge in [-0.15, -0.1) is 0 Å². The molecule has 6 heterocycles. The van der Waals surface area contributed by atoms with E-state index in [1.807, 2.05) is 56.4 Å². The number of piperidine rings is 2. The van der Waals surface area contributed by atoms with Gasteiger partial charge in [0.05, 0.1) is 23.3 Å². The van der Waals surface area contributed by atoms with E-state index in [4.69, 9.17) is 15.2 Å². The van der Waals surface area contributed by atoms with Gasteiger partial charge in [-0.1, -0.05) is 6.07 Å². The smallest absolute Gasteiger partial charge is 0.236 e. The van der Waals surface area contributed by atoms with E-state index in [1.165, 1.54) is 0 Å². The fraction of sp³-hybridized carbons (Fsp3) is 0.438. The van der Waals surface area contributed by atoms with Crippen molar-refractivity contribution in [2.24, 2.45) is 0 Å². The van der Waals surface area contributed by atoms with Gasteiger partial charge in [0.2, 0.25) is 11.7 Å². The molecular weight excluding hydrogens is 559 g/mol. The zero-order valence-corrected chi connectivity index (χ0v) is 25.4. The molecule has 0 aromatic carbocycles. The van der Waals surface area contributed by atoms with Crippen molar-refractivity contribution in [3.63, 3.8) is 0 Å². The molecule has 0 spiro atoms. The third-order valence-corrected chi connectivity index (χ3v) is 8.53. The highest BCUT2D eigenvalue weighted by Crippen LogP contribution is 2.35. The number of halogens is 1. The molecule has 0 unspecified atom stereocenters. The maximum absolute atomic E-state index is 16.3. The van der Waals surface area contributed by atoms with Crippen LogP contribution in [0.2, 0.25) is 0 Å². The lowest BCUT2D eigenvalue weighted by molar-refractivity contribution is -0.131. The monoisotopic (exact) mass is 596 g/mol. The summed E-state index contributed by atoms with van der Waals surface area (Å²) in [4.78, 5) is 32.5. The van der Waals surface area contributed by atoms with Crippen molar-refractivity contribution in [1.82, 2.24) is 29.5 Å². The van der Waals surface area contributed by atoms with Crippen molar-refractivity contribution in [2.75, 3.05) is 55.4 Å². The van der Waals surface area contributed by atoms with Crippen LogP contribution in [-0.4, -0.2) is 81.7 Å². The first-order valence-electron chi connectivity index (χ1n) is 15.1. The van der Waals surface area contributed by atoms with E-state index in [-0.39, 0.29) is 35.9 Å². The lowest BCUT2D eigenvalue weighted by Gasteiger charge is -2.35. The van der Waals surface area contributed by atoms with Crippen molar-refractivity contribution < 1.29 is 9.18 Å². The SMILES string of the molecule is Cc1cc(N(C)C)cc(C2CCN(c3nc(-c4cnn5ccccc45)nc(N[C@@H]4CCCN(C(=O)CC#N)C4)c3F)CC2)n1. The van der Waals surface area contributed by atoms with E-state index in [1.54, 1.807) is 15.6 Å². The summed E-state index contributed by atoms with van der Waals surface area (Å²) < 4.78 is 18.1. The van der Waals surface area contributed by atoms with Crippen LogP contribution in [-0.2, 0) is 4.79 Å². The van der Waals surface area contributed by atoms with Gasteiger partial charge in [-0.3, -0.25) is 9.78 Å². The number of fused-ring (bicyclic) bond motifs is 1. The van der Waals surface area contributed by atoms with Crippen LogP contribution >= 0.6 is 0 Å². The molecule has 228 valence electrons. The van der Waals surface area contributed by atoms with Gasteiger partial charge < -0.3 is 20.0 Å². The molecule has 12 heteroatoms. The Hall–Kier alpha value is -4.79. The molecule has 1 N–H and O–H groups in total. The Labute approximate surface area is 256 Å². The van der Waals surface area contributed by atoms with Crippen LogP contribution in [0.1, 0.15) is 49.4 Å². The predicted octanol–water partition coefficient (Wildman–Crippen LogP) is 4.40. The molecule has 0 saturated carbocycles. The quantitative estimate of drug-likeness (QED) is 0.331. The Morgan fingerprint density at radius 3 is 2.73 bits per heavy atom. The molecule has 2 fully saturated rings. The largest absolute Gasteiger partial charge is 0.378 e. The standard InChI is InChI=1S/C32H37FN10O/c1-21-17-24(40(2)3)18-26(36-21)22-10-15-41(16-11-22)32-29(33)31(37-23-7-6-13-42(20-23)28(44)9-12-34)38-30(39-32)25-19-35-43-14-5-4-8-27(25)43/h4-5,8,14,17-19,22-23H,6-7,9-11,13,15-16,20H2,1-3H3,(H,37,38,39)/t23-/m1/s1. The lowest BCUT2D eigenvalue weighted by atomic mass is 9.92. The number of aromatic nitrogens is 5. The van der Waals surface area contributed by atoms with Crippen molar-refractivity contribution in [3.8, 4) is 17.5 Å². The molecule has 11 nitrogen and oxygen atoms in total. The number of pyridine rings is 2. The number of nitriles is 1. The first-order chi connectivity index (χ1) is 21.3. The molecule has 2 aliphatic heterocycles. The molecule has 44 heavy (non-hydrogen) atoms. The first-order valence-corrected chi connectivity index (χ1v) is 15.1. The van der Waals surface area contributed by atoms with Crippen LogP contribution in [0.5, 0.6) is 0 Å². The molecule has 1 amide bonds. The number of aryl methyl sites for hydroxylation is 1. The third kappa shape index (κ3) is 6.00. The number of hydrogen-bond donors (Lipinski definition) is 1. The summed E-state index contributed by atoms with van der Waals surface area (Å²) >= 11 is 0. The van der Waals surface area contributed by atoms with E-state index >= 15 is 4.39 Å². The summed E-state index contributed by atoms with van der Waals surface area (Å²) in [6, 6.07) is 11.7. The molecule has 4 aromatic rings. The fourth-order valence-electron chi connectivity index (χ4n) is 6.19. The molecule has 2 saturated heterocycles. The van der Waals surface area contributed by atoms with E-state index in [0.717, 1.165) is 48.3 Å². The number of carbonyl (C=O) groups excluding carboxylic acids is 1. The van der Waals surface area contributed by atoms with Gasteiger partial charge in [-0.25, -0.2) is 14.5 Å². The zero-order chi connectivity index (χ0) is 30.8. The van der Waals surface area contributed by atoms with Gasteiger partial charge in [0.25, 0.3) is 0 Å². The third-order valence-electron chi connectivity index (χ3n) is 8.53. The molecule has 0 radical (unpaired) electrons. The molecule has 0 bridgehead atoms. The molecule has 1 atom stereocenters. The second-order valence-electron chi connectivity index (χ2n) is 11.8. The average Bonchev–Trinajstić information content (AvgIpc) is 3.46. The molecule has 0 aliphatic carbocycles. The van der Waals surface area contributed by atoms with E-state index in [0.29, 0.717) is 37.6 Å². The number of carbonyl (C=O) groups is 1. The summed E-state index contributed by atoms with van der Waals surface area (Å²) in [7, 11) is 4.06. The van der Waals surface area contributed by atoms with Crippen molar-refractivity contribution >= 4 is 28.7 Å². The minimum Gasteiger partial charge on any atom is -0.378 e. The Kier molecular flexibility index (Phi) is 8.28. The van der Waals surface area contributed by atoms with Crippen LogP contribution in [0.3, 0.4) is 0 Å². The van der Waals surface area contributed by atoms with Crippen molar-refractivity contribution in [1.29, 1.82) is 5.26 Å². The Bertz CT molecular complexity index is 1710. The molecular formula is C32H37FN10O. The number of anilines is 3. The van der Waals surface area contributed by atoms with Crippen molar-refractivity contribution in [3.05, 3.63) is 59.9 Å². The highest BCUT2D eigenvalue weighted by atomic mass is 19.1. The summed E-state index contributed by atoms with van der Waals surface area (Å²) in [5.74, 6) is 0.303. The topological polar surface area (TPSA) is 119 Å². The van der Waals surface area contributed by atoms with Crippen LogP contribution < -0.4 is 15.1 Å². The van der Waals surface area contributed by atoms with Gasteiger partial charge in [0.15, 0.2) is 17.5 Å². The molecule has 2 aliphatic rings. The second kappa shape index (κ2) is 12.4. The summed E-state index contributed by atoms with van der Waals surface area (Å²) in [5.41, 5.74) is 4.71. The highest BCUT2D eigenvalue weighted by molar-refractivity contribution is 5.79. The van der Waals surface area contributed by atoms with E-state index in [2.05, 4.69) is 32.4 Å². The number of likely N-dealkylation sites (tertiary alicyclic amines) is 1. The van der Waals surface area contributed by atoms with Gasteiger partial charge in [-0.2, -0.15) is 14.8 Å². The first kappa shape index (κ1) is 29.3. The predicted molar refractivity (Wildman–Crippen MR) is 167 cm³/mol. The molecule has 6 rings (SSSR count). The van der Waals surface area contributed by atoms with E-state index in [9.17, 15) is 4.79 Å². The second-order valence-corrected chi connectivity index (χ2v) is 11.8. The number of nitrogens with one attached hydrogen (secondary N) is 1. The molecule has 4 aromatic heterocycles. The normalized spacial score (nSPS) is 17.5. The number of amides is 1. The summed E-state index contributed by atoms with van der Waals surface area (Å²) in [6.07, 6.45) is 6.54. The lowest BCUT2D eigenvalue weighted by Crippen LogP contribution is -2.45. The maximum Gasteiger partial charge on any atom is 0.236 e. The van der Waals surface area contributed by atoms with Crippen LogP contribution in [0.25, 0.3) is 16.9 Å². The van der Waals surface area contributed by atoms with Gasteiger partial charge in [0.1, 0.15) is 6.42 Å². The van der Waals surface area contributed by atoms with Crippen LogP contribution in [0.4, 0.5) is 21.7 Å². The number of rotatable bonds is 7. The van der Waals surface area contributed by atoms with Gasteiger partial charge in [-0.05, 0) is 56.9 Å². The van der Waals surface area contributed by atoms with Gasteiger partial charge in [0, 0.05) is 75.5 Å². The van der Waals surface area contributed by atoms with Crippen LogP contribution in [0, 0.1) is 24.1 Å². The highest BCUT2D eigenvalue weighted by Gasteiger charge is 2.30. The summed E-state index contributed by atoms with van der Waals surface area (Å²) in [6.45, 7) is 4.24. The maximum atomic E-state index is 16.3.